The number of carbonyl (C=O) groups is 12. The van der Waals surface area contributed by atoms with Crippen LogP contribution in [0.4, 0.5) is 0 Å². The van der Waals surface area contributed by atoms with Gasteiger partial charge in [-0.25, -0.2) is 0 Å². The van der Waals surface area contributed by atoms with Crippen molar-refractivity contribution in [1.82, 2.24) is 47.9 Å². The quantitative estimate of drug-likeness (QED) is 0.0394. The first kappa shape index (κ1) is 64.7. The molecule has 1 heterocycles. The summed E-state index contributed by atoms with van der Waals surface area (Å²) in [5, 5.41) is 50.5. The third-order valence-corrected chi connectivity index (χ3v) is 12.1. The zero-order valence-electron chi connectivity index (χ0n) is 43.1. The molecule has 0 aromatic heterocycles. The minimum absolute atomic E-state index is 0.0928. The maximum Gasteiger partial charge on any atom is 0.245 e. The molecule has 1 aromatic rings. The van der Waals surface area contributed by atoms with Crippen LogP contribution in [-0.2, 0) is 64.0 Å². The summed E-state index contributed by atoms with van der Waals surface area (Å²) < 4.78 is 0. The highest BCUT2D eigenvalue weighted by Crippen LogP contribution is 2.14. The van der Waals surface area contributed by atoms with E-state index in [1.807, 2.05) is 0 Å². The van der Waals surface area contributed by atoms with Crippen molar-refractivity contribution in [1.29, 1.82) is 0 Å². The highest BCUT2D eigenvalue weighted by atomic mass is 16.3. The SMILES string of the molecule is CCCCCCCCCCCCCCCCNC(=O)[C@@H]1CC(=O)N[C@H](CO)C(=O)N[C@H](Cc2ccc(O)cc2)C(=O)N[C@H](CC(N)=O)C(=O)NCC(=O)N[C@@H](CC(N)=O)C(=O)N[C@@H](CO)C(=O)N[C@@H](CC(N)=O)C(=O)N1. The Morgan fingerprint density at radius 3 is 1.37 bits per heavy atom. The van der Waals surface area contributed by atoms with Crippen molar-refractivity contribution in [3.8, 4) is 5.75 Å². The third kappa shape index (κ3) is 26.2. The van der Waals surface area contributed by atoms with E-state index in [0.717, 1.165) is 38.5 Å². The lowest BCUT2D eigenvalue weighted by Crippen LogP contribution is -2.60. The van der Waals surface area contributed by atoms with E-state index in [9.17, 15) is 72.9 Å². The number of aliphatic hydroxyl groups excluding tert-OH is 2. The number of benzene rings is 1. The van der Waals surface area contributed by atoms with Crippen molar-refractivity contribution >= 4 is 70.9 Å². The van der Waals surface area contributed by atoms with Crippen molar-refractivity contribution in [2.45, 2.75) is 171 Å². The Balaban J connectivity index is 2.48. The molecule has 27 heteroatoms. The predicted octanol–water partition coefficient (Wildman–Crippen LogP) is -3.94. The van der Waals surface area contributed by atoms with E-state index >= 15 is 0 Å². The molecule has 27 nitrogen and oxygen atoms in total. The fourth-order valence-corrected chi connectivity index (χ4v) is 7.90. The van der Waals surface area contributed by atoms with Crippen LogP contribution in [0.15, 0.2) is 24.3 Å². The first-order valence-electron chi connectivity index (χ1n) is 25.7. The van der Waals surface area contributed by atoms with Crippen LogP contribution in [0.3, 0.4) is 0 Å². The van der Waals surface area contributed by atoms with Crippen LogP contribution < -0.4 is 65.1 Å². The molecule has 2 rings (SSSR count). The summed E-state index contributed by atoms with van der Waals surface area (Å²) in [7, 11) is 0. The number of amides is 12. The molecule has 0 bridgehead atoms. The zero-order valence-corrected chi connectivity index (χ0v) is 43.1. The average molecular weight is 1080 g/mol. The number of unbranched alkanes of at least 4 members (excludes halogenated alkanes) is 13. The van der Waals surface area contributed by atoms with Crippen molar-refractivity contribution < 1.29 is 72.9 Å². The minimum atomic E-state index is -1.95. The number of aliphatic hydroxyl groups is 2. The van der Waals surface area contributed by atoms with Gasteiger partial charge in [0.25, 0.3) is 0 Å². The second kappa shape index (κ2) is 35.7. The molecule has 0 spiro atoms. The number of nitrogens with two attached hydrogens (primary N) is 3. The van der Waals surface area contributed by atoms with E-state index < -0.39 is 159 Å². The van der Waals surface area contributed by atoms with Gasteiger partial charge in [0.1, 0.15) is 48.0 Å². The molecule has 7 atom stereocenters. The van der Waals surface area contributed by atoms with Crippen molar-refractivity contribution in [2.75, 3.05) is 26.3 Å². The number of hydrogen-bond donors (Lipinski definition) is 15. The molecule has 0 unspecified atom stereocenters. The lowest BCUT2D eigenvalue weighted by Gasteiger charge is -2.26. The monoisotopic (exact) mass is 1070 g/mol. The van der Waals surface area contributed by atoms with Gasteiger partial charge in [0.2, 0.25) is 70.9 Å². The average Bonchev–Trinajstić information content (AvgIpc) is 3.36. The Hall–Kier alpha value is -7.42. The van der Waals surface area contributed by atoms with Crippen LogP contribution in [0.5, 0.6) is 5.75 Å². The smallest absolute Gasteiger partial charge is 0.245 e. The fourth-order valence-electron chi connectivity index (χ4n) is 7.90. The molecule has 0 radical (unpaired) electrons. The number of phenols is 1. The van der Waals surface area contributed by atoms with Crippen LogP contribution in [0.2, 0.25) is 0 Å². The molecule has 1 saturated heterocycles. The largest absolute Gasteiger partial charge is 0.508 e. The second-order valence-electron chi connectivity index (χ2n) is 18.6. The van der Waals surface area contributed by atoms with Gasteiger partial charge >= 0.3 is 0 Å². The first-order chi connectivity index (χ1) is 36.2. The van der Waals surface area contributed by atoms with Crippen LogP contribution in [0.25, 0.3) is 0 Å². The van der Waals surface area contributed by atoms with Gasteiger partial charge in [0.05, 0.1) is 45.4 Å². The van der Waals surface area contributed by atoms with Crippen molar-refractivity contribution in [2.24, 2.45) is 17.2 Å². The van der Waals surface area contributed by atoms with Gasteiger partial charge in [-0.3, -0.25) is 57.5 Å². The number of hydrogen-bond acceptors (Lipinski definition) is 15. The Morgan fingerprint density at radius 2 is 0.882 bits per heavy atom. The summed E-state index contributed by atoms with van der Waals surface area (Å²) >= 11 is 0. The lowest BCUT2D eigenvalue weighted by molar-refractivity contribution is -0.137. The lowest BCUT2D eigenvalue weighted by atomic mass is 10.0. The summed E-state index contributed by atoms with van der Waals surface area (Å²) in [5.41, 5.74) is 16.4. The minimum Gasteiger partial charge on any atom is -0.508 e. The van der Waals surface area contributed by atoms with Crippen LogP contribution in [0, 0.1) is 0 Å². The molecule has 1 aliphatic heterocycles. The van der Waals surface area contributed by atoms with Crippen molar-refractivity contribution in [3.63, 3.8) is 0 Å². The maximum absolute atomic E-state index is 13.9. The van der Waals surface area contributed by atoms with E-state index in [4.69, 9.17) is 17.2 Å². The number of aromatic hydroxyl groups is 1. The fraction of sp³-hybridized carbons (Fsp3) is 0.633. The molecule has 1 fully saturated rings. The van der Waals surface area contributed by atoms with E-state index in [1.54, 1.807) is 0 Å². The first-order valence-corrected chi connectivity index (χ1v) is 25.7. The summed E-state index contributed by atoms with van der Waals surface area (Å²) in [6.45, 7) is -0.975. The Bertz CT molecular complexity index is 2130. The molecule has 76 heavy (non-hydrogen) atoms. The summed E-state index contributed by atoms with van der Waals surface area (Å²) in [5.74, 6) is -14.2. The van der Waals surface area contributed by atoms with E-state index in [1.165, 1.54) is 69.2 Å². The highest BCUT2D eigenvalue weighted by molar-refractivity contribution is 6.00. The topological polar surface area (TPSA) is 452 Å². The number of nitrogens with one attached hydrogen (secondary N) is 9. The van der Waals surface area contributed by atoms with Crippen molar-refractivity contribution in [3.05, 3.63) is 29.8 Å². The maximum atomic E-state index is 13.9. The molecule has 12 amide bonds. The number of rotatable bonds is 26. The summed E-state index contributed by atoms with van der Waals surface area (Å²) in [4.78, 5) is 158. The van der Waals surface area contributed by atoms with Crippen LogP contribution >= 0.6 is 0 Å². The van der Waals surface area contributed by atoms with E-state index in [0.29, 0.717) is 12.0 Å². The van der Waals surface area contributed by atoms with E-state index in [-0.39, 0.29) is 18.7 Å². The molecular formula is C49H78N12O15. The van der Waals surface area contributed by atoms with Gasteiger partial charge < -0.3 is 80.4 Å². The molecule has 1 aromatic carbocycles. The Labute approximate surface area is 440 Å². The third-order valence-electron chi connectivity index (χ3n) is 12.1. The molecule has 424 valence electrons. The van der Waals surface area contributed by atoms with Gasteiger partial charge in [-0.1, -0.05) is 103 Å². The number of primary amides is 3. The Kier molecular flexibility index (Phi) is 30.4. The normalized spacial score (nSPS) is 21.9. The molecular weight excluding hydrogens is 997 g/mol. The van der Waals surface area contributed by atoms with Crippen LogP contribution in [0.1, 0.15) is 128 Å². The molecule has 1 aliphatic rings. The highest BCUT2D eigenvalue weighted by Gasteiger charge is 2.35. The summed E-state index contributed by atoms with van der Waals surface area (Å²) in [6, 6.07) is -7.58. The predicted molar refractivity (Wildman–Crippen MR) is 272 cm³/mol. The molecule has 0 saturated carbocycles. The van der Waals surface area contributed by atoms with Gasteiger partial charge in [0.15, 0.2) is 0 Å². The van der Waals surface area contributed by atoms with Gasteiger partial charge in [-0.2, -0.15) is 0 Å². The van der Waals surface area contributed by atoms with Gasteiger partial charge in [-0.15, -0.1) is 0 Å². The van der Waals surface area contributed by atoms with Crippen LogP contribution in [-0.4, -0.2) is 155 Å². The molecule has 0 aliphatic carbocycles. The number of carbonyl (C=O) groups excluding carboxylic acids is 12. The number of phenolic OH excluding ortho intramolecular Hbond substituents is 1. The van der Waals surface area contributed by atoms with Gasteiger partial charge in [-0.05, 0) is 24.1 Å². The standard InChI is InChI=1S/C49H78N12O15/c1-2-3-4-5-6-7-8-9-10-11-12-13-14-15-20-53-43(70)35-25-41(68)56-36(27-62)48(75)57-31(21-29-16-18-30(64)19-17-29)45(72)58-32(22-38(50)65)44(71)54-26-42(69)55-33(23-39(51)66)46(73)61-37(28-63)49(76)59-34(24-40(52)67)47(74)60-35/h16-19,31-37,62-64H,2-15,20-28H2,1H3,(H2,50,65)(H2,51,66)(H2,52,67)(H,53,70)(H,54,71)(H,55,69)(H,56,68)(H,57,75)(H,58,72)(H,59,76)(H,60,74)(H,61,73)/t31-,32-,33+,34+,35+,36-,37+/m1/s1. The second-order valence-corrected chi connectivity index (χ2v) is 18.6. The summed E-state index contributed by atoms with van der Waals surface area (Å²) in [6.07, 6.45) is 11.2. The van der Waals surface area contributed by atoms with E-state index in [2.05, 4.69) is 54.8 Å². The molecule has 18 N–H and O–H groups in total. The zero-order chi connectivity index (χ0) is 56.6. The van der Waals surface area contributed by atoms with Gasteiger partial charge in [0, 0.05) is 13.0 Å². The Morgan fingerprint density at radius 1 is 0.500 bits per heavy atom.